The number of nitrogens with one attached hydrogen (secondary N) is 2. The van der Waals surface area contributed by atoms with Gasteiger partial charge in [-0.3, -0.25) is 4.79 Å². The Morgan fingerprint density at radius 1 is 1.08 bits per heavy atom. The van der Waals surface area contributed by atoms with Crippen LogP contribution in [0, 0.1) is 18.6 Å². The molecule has 3 aromatic carbocycles. The highest BCUT2D eigenvalue weighted by atomic mass is 32.2. The molecule has 0 saturated heterocycles. The highest BCUT2D eigenvalue weighted by Gasteiger charge is 2.29. The number of aliphatic hydroxyl groups is 1. The number of rotatable bonds is 11. The lowest BCUT2D eigenvalue weighted by Gasteiger charge is -2.22. The smallest absolute Gasteiger partial charge is 0.191 e. The fourth-order valence-corrected chi connectivity index (χ4v) is 5.66. The molecule has 206 valence electrons. The molecule has 1 aromatic heterocycles. The molecule has 11 heteroatoms. The molecular formula is C28H28F2N2O6S. The van der Waals surface area contributed by atoms with E-state index in [2.05, 4.69) is 10.3 Å². The fourth-order valence-electron chi connectivity index (χ4n) is 4.31. The summed E-state index contributed by atoms with van der Waals surface area (Å²) in [4.78, 5) is 16.9. The lowest BCUT2D eigenvalue weighted by atomic mass is 9.95. The van der Waals surface area contributed by atoms with Crippen molar-refractivity contribution < 1.29 is 36.6 Å². The van der Waals surface area contributed by atoms with Gasteiger partial charge in [-0.2, -0.15) is 0 Å². The molecule has 39 heavy (non-hydrogen) atoms. The zero-order valence-corrected chi connectivity index (χ0v) is 22.4. The second-order valence-corrected chi connectivity index (χ2v) is 11.1. The highest BCUT2D eigenvalue weighted by Crippen LogP contribution is 2.35. The van der Waals surface area contributed by atoms with Crippen LogP contribution in [0.15, 0.2) is 59.6 Å². The van der Waals surface area contributed by atoms with E-state index in [4.69, 9.17) is 14.6 Å². The number of Topliss-reactive ketones (excluding diaryl/α,β-unsaturated/α-hetero) is 1. The van der Waals surface area contributed by atoms with Crippen LogP contribution < -0.4 is 14.8 Å². The minimum Gasteiger partial charge on any atom is -0.497 e. The predicted molar refractivity (Wildman–Crippen MR) is 143 cm³/mol. The van der Waals surface area contributed by atoms with Crippen LogP contribution in [0.5, 0.6) is 11.5 Å². The van der Waals surface area contributed by atoms with Crippen LogP contribution in [0.25, 0.3) is 10.9 Å². The van der Waals surface area contributed by atoms with Crippen LogP contribution in [0.1, 0.15) is 33.9 Å². The van der Waals surface area contributed by atoms with Gasteiger partial charge < -0.3 is 24.9 Å². The monoisotopic (exact) mass is 558 g/mol. The lowest BCUT2D eigenvalue weighted by Crippen LogP contribution is -2.22. The minimum absolute atomic E-state index is 0.0484. The van der Waals surface area contributed by atoms with E-state index in [1.807, 2.05) is 0 Å². The van der Waals surface area contributed by atoms with Crippen molar-refractivity contribution in [2.24, 2.45) is 0 Å². The number of aryl methyl sites for hydroxylation is 1. The molecule has 4 rings (SSSR count). The zero-order valence-electron chi connectivity index (χ0n) is 21.5. The number of methoxy groups -OCH3 is 2. The lowest BCUT2D eigenvalue weighted by molar-refractivity contribution is 0.0970. The number of aromatic amines is 1. The van der Waals surface area contributed by atoms with Gasteiger partial charge in [-0.15, -0.1) is 0 Å². The number of ketones is 1. The van der Waals surface area contributed by atoms with Crippen LogP contribution in [0.3, 0.4) is 0 Å². The molecule has 0 radical (unpaired) electrons. The van der Waals surface area contributed by atoms with Crippen molar-refractivity contribution in [3.8, 4) is 11.5 Å². The summed E-state index contributed by atoms with van der Waals surface area (Å²) < 4.78 is 64.9. The number of halogens is 2. The molecule has 8 nitrogen and oxygen atoms in total. The summed E-state index contributed by atoms with van der Waals surface area (Å²) >= 11 is 0. The summed E-state index contributed by atoms with van der Waals surface area (Å²) in [5.41, 5.74) is 1.64. The number of aliphatic hydroxyl groups excluding tert-OH is 1. The fraction of sp³-hybridized carbons (Fsp3) is 0.250. The minimum atomic E-state index is -3.78. The predicted octanol–water partition coefficient (Wildman–Crippen LogP) is 4.96. The average molecular weight is 559 g/mol. The first kappa shape index (κ1) is 28.1. The third-order valence-electron chi connectivity index (χ3n) is 6.35. The van der Waals surface area contributed by atoms with Gasteiger partial charge in [0, 0.05) is 52.7 Å². The zero-order chi connectivity index (χ0) is 28.3. The number of ether oxygens (including phenoxy) is 2. The molecule has 1 atom stereocenters. The van der Waals surface area contributed by atoms with E-state index >= 15 is 0 Å². The number of sulfone groups is 1. The second-order valence-electron chi connectivity index (χ2n) is 8.97. The molecule has 0 saturated carbocycles. The molecular weight excluding hydrogens is 530 g/mol. The van der Waals surface area contributed by atoms with Crippen LogP contribution >= 0.6 is 0 Å². The molecule has 0 fully saturated rings. The Morgan fingerprint density at radius 3 is 2.54 bits per heavy atom. The molecule has 0 aliphatic rings. The third-order valence-corrected chi connectivity index (χ3v) is 8.13. The number of carbonyl (C=O) groups is 1. The number of fused-ring (bicyclic) bond motifs is 1. The van der Waals surface area contributed by atoms with Gasteiger partial charge in [-0.05, 0) is 55.3 Å². The largest absolute Gasteiger partial charge is 0.497 e. The van der Waals surface area contributed by atoms with Crippen LogP contribution in [-0.2, 0) is 9.84 Å². The summed E-state index contributed by atoms with van der Waals surface area (Å²) in [5, 5.41) is 12.5. The van der Waals surface area contributed by atoms with Gasteiger partial charge in [0.25, 0.3) is 0 Å². The van der Waals surface area contributed by atoms with E-state index in [1.54, 1.807) is 13.0 Å². The van der Waals surface area contributed by atoms with Gasteiger partial charge >= 0.3 is 0 Å². The van der Waals surface area contributed by atoms with E-state index in [9.17, 15) is 22.0 Å². The maximum Gasteiger partial charge on any atom is 0.191 e. The number of hydrogen-bond donors (Lipinski definition) is 3. The summed E-state index contributed by atoms with van der Waals surface area (Å²) in [5.74, 6) is -1.55. The van der Waals surface area contributed by atoms with Crippen molar-refractivity contribution in [1.82, 2.24) is 4.98 Å². The summed E-state index contributed by atoms with van der Waals surface area (Å²) in [7, 11) is -1.08. The Bertz CT molecular complexity index is 1630. The van der Waals surface area contributed by atoms with E-state index < -0.39 is 33.3 Å². The normalized spacial score (nSPS) is 12.4. The topological polar surface area (TPSA) is 118 Å². The highest BCUT2D eigenvalue weighted by molar-refractivity contribution is 7.91. The van der Waals surface area contributed by atoms with Gasteiger partial charge in [0.1, 0.15) is 29.2 Å². The summed E-state index contributed by atoms with van der Waals surface area (Å²) in [6.45, 7) is 1.32. The Labute approximate surface area is 224 Å². The van der Waals surface area contributed by atoms with Crippen LogP contribution in [-0.4, -0.2) is 50.9 Å². The molecule has 1 heterocycles. The Hall–Kier alpha value is -3.96. The number of carbonyl (C=O) groups excluding carboxylic acids is 1. The molecule has 0 aliphatic carbocycles. The maximum atomic E-state index is 14.4. The number of aromatic nitrogens is 1. The van der Waals surface area contributed by atoms with Crippen molar-refractivity contribution in [1.29, 1.82) is 0 Å². The average Bonchev–Trinajstić information content (AvgIpc) is 3.32. The summed E-state index contributed by atoms with van der Waals surface area (Å²) in [6, 6.07) is 9.58. The van der Waals surface area contributed by atoms with Crippen molar-refractivity contribution in [3.05, 3.63) is 83.1 Å². The van der Waals surface area contributed by atoms with E-state index in [0.717, 1.165) is 6.07 Å². The van der Waals surface area contributed by atoms with Crippen LogP contribution in [0.4, 0.5) is 14.5 Å². The number of H-pyrrole nitrogens is 1. The Kier molecular flexibility index (Phi) is 8.22. The van der Waals surface area contributed by atoms with Gasteiger partial charge in [0.15, 0.2) is 15.6 Å². The second kappa shape index (κ2) is 11.4. The molecule has 0 aliphatic heterocycles. The van der Waals surface area contributed by atoms with E-state index in [-0.39, 0.29) is 52.0 Å². The van der Waals surface area contributed by atoms with Gasteiger partial charge in [0.05, 0.1) is 24.9 Å². The molecule has 0 amide bonds. The Balaban J connectivity index is 1.85. The standard InChI is InChI=1S/C28H28F2N2O6S/c1-16-9-25-22(14-24(16)30)23(15-31-25)28(34)27(21-6-5-17(29)10-26(21)38-3)32-18-11-19(37-2)13-20(12-18)39(35,36)8-4-7-33/h5-6,9-15,27,31-33H,4,7-8H2,1-3H3. The maximum absolute atomic E-state index is 14.4. The van der Waals surface area contributed by atoms with Gasteiger partial charge in [-0.25, -0.2) is 17.2 Å². The molecule has 0 spiro atoms. The van der Waals surface area contributed by atoms with Crippen molar-refractivity contribution >= 4 is 32.2 Å². The number of benzene rings is 3. The SMILES string of the molecule is COc1cc(NC(C(=O)c2c[nH]c3cc(C)c(F)cc23)c2ccc(F)cc2OC)cc(S(=O)(=O)CCCO)c1. The number of anilines is 1. The molecule has 0 bridgehead atoms. The first-order valence-corrected chi connectivity index (χ1v) is 13.7. The molecule has 1 unspecified atom stereocenters. The number of hydrogen-bond acceptors (Lipinski definition) is 7. The first-order chi connectivity index (χ1) is 18.6. The van der Waals surface area contributed by atoms with Crippen molar-refractivity contribution in [3.63, 3.8) is 0 Å². The van der Waals surface area contributed by atoms with Crippen LogP contribution in [0.2, 0.25) is 0 Å². The molecule has 3 N–H and O–H groups in total. The van der Waals surface area contributed by atoms with Crippen molar-refractivity contribution in [2.45, 2.75) is 24.3 Å². The summed E-state index contributed by atoms with van der Waals surface area (Å²) in [6.07, 6.45) is 1.51. The van der Waals surface area contributed by atoms with Crippen molar-refractivity contribution in [2.75, 3.05) is 31.9 Å². The Morgan fingerprint density at radius 2 is 1.85 bits per heavy atom. The quantitative estimate of drug-likeness (QED) is 0.223. The molecule has 4 aromatic rings. The third kappa shape index (κ3) is 5.89. The van der Waals surface area contributed by atoms with Gasteiger partial charge in [0.2, 0.25) is 0 Å². The van der Waals surface area contributed by atoms with E-state index in [0.29, 0.717) is 16.5 Å². The van der Waals surface area contributed by atoms with Gasteiger partial charge in [-0.1, -0.05) is 0 Å². The first-order valence-electron chi connectivity index (χ1n) is 12.0. The van der Waals surface area contributed by atoms with E-state index in [1.165, 1.54) is 56.8 Å².